The Hall–Kier alpha value is -3.91. The number of para-hydroxylation sites is 2. The Bertz CT molecular complexity index is 1340. The predicted octanol–water partition coefficient (Wildman–Crippen LogP) is 5.21. The molecule has 0 aliphatic heterocycles. The number of rotatable bonds is 8. The van der Waals surface area contributed by atoms with Gasteiger partial charge in [-0.1, -0.05) is 77.6 Å². The number of hydrogen-bond donors (Lipinski definition) is 0. The first-order valence-corrected chi connectivity index (χ1v) is 11.4. The molecule has 0 aliphatic rings. The first kappa shape index (κ1) is 21.0. The Morgan fingerprint density at radius 1 is 0.879 bits per heavy atom. The summed E-state index contributed by atoms with van der Waals surface area (Å²) in [5, 5.41) is 13.8. The van der Waals surface area contributed by atoms with E-state index in [4.69, 9.17) is 9.26 Å². The summed E-state index contributed by atoms with van der Waals surface area (Å²) >= 11 is 1.50. The van der Waals surface area contributed by atoms with E-state index in [-0.39, 0.29) is 0 Å². The zero-order chi connectivity index (χ0) is 22.5. The minimum absolute atomic E-state index is 0.485. The van der Waals surface area contributed by atoms with E-state index < -0.39 is 0 Å². The first-order chi connectivity index (χ1) is 16.3. The van der Waals surface area contributed by atoms with Crippen molar-refractivity contribution in [2.45, 2.75) is 17.3 Å². The third kappa shape index (κ3) is 4.65. The molecule has 0 aliphatic carbocycles. The maximum Gasteiger partial charge on any atom is 0.237 e. The van der Waals surface area contributed by atoms with Crippen molar-refractivity contribution in [3.8, 4) is 22.8 Å². The maximum absolute atomic E-state index is 5.56. The largest absolute Gasteiger partial charge is 0.496 e. The Morgan fingerprint density at radius 3 is 2.39 bits per heavy atom. The predicted molar refractivity (Wildman–Crippen MR) is 126 cm³/mol. The van der Waals surface area contributed by atoms with Crippen LogP contribution in [0.1, 0.15) is 17.3 Å². The molecule has 3 aromatic carbocycles. The van der Waals surface area contributed by atoms with E-state index in [9.17, 15) is 0 Å². The lowest BCUT2D eigenvalue weighted by Gasteiger charge is -2.12. The summed E-state index contributed by atoms with van der Waals surface area (Å²) in [7, 11) is 1.65. The van der Waals surface area contributed by atoms with Gasteiger partial charge in [-0.15, -0.1) is 10.2 Å². The van der Waals surface area contributed by atoms with Crippen LogP contribution in [0.5, 0.6) is 5.75 Å². The van der Waals surface area contributed by atoms with Crippen LogP contribution in [0, 0.1) is 0 Å². The van der Waals surface area contributed by atoms with Gasteiger partial charge in [-0.25, -0.2) is 0 Å². The van der Waals surface area contributed by atoms with Crippen LogP contribution in [0.4, 0.5) is 0 Å². The Kier molecular flexibility index (Phi) is 6.16. The molecule has 0 fully saturated rings. The molecule has 5 rings (SSSR count). The normalized spacial score (nSPS) is 10.9. The van der Waals surface area contributed by atoms with Crippen molar-refractivity contribution in [3.63, 3.8) is 0 Å². The number of hydrogen-bond acceptors (Lipinski definition) is 7. The summed E-state index contributed by atoms with van der Waals surface area (Å²) in [4.78, 5) is 4.54. The van der Waals surface area contributed by atoms with E-state index in [1.807, 2.05) is 89.5 Å². The van der Waals surface area contributed by atoms with Crippen LogP contribution in [0.15, 0.2) is 94.6 Å². The molecule has 0 amide bonds. The molecule has 164 valence electrons. The van der Waals surface area contributed by atoms with Gasteiger partial charge in [-0.3, -0.25) is 4.57 Å². The molecule has 2 aromatic heterocycles. The zero-order valence-electron chi connectivity index (χ0n) is 18.0. The third-order valence-electron chi connectivity index (χ3n) is 5.04. The number of nitrogens with zero attached hydrogens (tertiary/aromatic N) is 5. The molecule has 0 atom stereocenters. The zero-order valence-corrected chi connectivity index (χ0v) is 18.8. The molecular formula is C25H21N5O2S. The molecule has 0 saturated carbocycles. The fraction of sp³-hybridized carbons (Fsp3) is 0.120. The van der Waals surface area contributed by atoms with Gasteiger partial charge in [0.1, 0.15) is 5.75 Å². The van der Waals surface area contributed by atoms with Gasteiger partial charge in [-0.2, -0.15) is 4.98 Å². The average Bonchev–Trinajstić information content (AvgIpc) is 3.50. The highest BCUT2D eigenvalue weighted by Gasteiger charge is 2.19. The van der Waals surface area contributed by atoms with Gasteiger partial charge < -0.3 is 9.26 Å². The highest BCUT2D eigenvalue weighted by Crippen LogP contribution is 2.33. The van der Waals surface area contributed by atoms with Gasteiger partial charge in [0.25, 0.3) is 0 Å². The molecule has 5 aromatic rings. The summed E-state index contributed by atoms with van der Waals surface area (Å²) in [5.74, 6) is 3.14. The van der Waals surface area contributed by atoms with Gasteiger partial charge in [0.05, 0.1) is 18.4 Å². The second kappa shape index (κ2) is 9.70. The minimum Gasteiger partial charge on any atom is -0.496 e. The van der Waals surface area contributed by atoms with Crippen LogP contribution in [0.25, 0.3) is 17.1 Å². The van der Waals surface area contributed by atoms with E-state index in [1.54, 1.807) is 7.11 Å². The minimum atomic E-state index is 0.485. The second-order valence-corrected chi connectivity index (χ2v) is 8.18. The van der Waals surface area contributed by atoms with Crippen LogP contribution in [0.3, 0.4) is 0 Å². The SMILES string of the molecule is COc1ccccc1-c1nnc(SCc2nc(Cc3ccccc3)no2)n1-c1ccccc1. The fourth-order valence-corrected chi connectivity index (χ4v) is 4.29. The molecule has 2 heterocycles. The quantitative estimate of drug-likeness (QED) is 0.297. The number of aromatic nitrogens is 5. The summed E-state index contributed by atoms with van der Waals surface area (Å²) in [6.45, 7) is 0. The van der Waals surface area contributed by atoms with Crippen molar-refractivity contribution in [1.82, 2.24) is 24.9 Å². The van der Waals surface area contributed by atoms with Gasteiger partial charge in [0.15, 0.2) is 16.8 Å². The van der Waals surface area contributed by atoms with Crippen LogP contribution < -0.4 is 4.74 Å². The summed E-state index contributed by atoms with van der Waals surface area (Å²) in [6, 6.07) is 27.9. The van der Waals surface area contributed by atoms with Crippen molar-refractivity contribution >= 4 is 11.8 Å². The Labute approximate surface area is 195 Å². The summed E-state index contributed by atoms with van der Waals surface area (Å²) < 4.78 is 13.0. The first-order valence-electron chi connectivity index (χ1n) is 10.4. The lowest BCUT2D eigenvalue weighted by atomic mass is 10.1. The lowest BCUT2D eigenvalue weighted by Crippen LogP contribution is -2.01. The third-order valence-corrected chi connectivity index (χ3v) is 5.95. The fourth-order valence-electron chi connectivity index (χ4n) is 3.50. The molecule has 0 bridgehead atoms. The van der Waals surface area contributed by atoms with Crippen LogP contribution in [0.2, 0.25) is 0 Å². The van der Waals surface area contributed by atoms with Crippen molar-refractivity contribution < 1.29 is 9.26 Å². The van der Waals surface area contributed by atoms with E-state index in [2.05, 4.69) is 20.3 Å². The smallest absolute Gasteiger partial charge is 0.237 e. The maximum atomic E-state index is 5.56. The van der Waals surface area contributed by atoms with Crippen molar-refractivity contribution in [2.24, 2.45) is 0 Å². The van der Waals surface area contributed by atoms with Crippen LogP contribution in [-0.4, -0.2) is 32.0 Å². The monoisotopic (exact) mass is 455 g/mol. The topological polar surface area (TPSA) is 78.9 Å². The van der Waals surface area contributed by atoms with Gasteiger partial charge in [-0.05, 0) is 29.8 Å². The standard InChI is InChI=1S/C25H21N5O2S/c1-31-21-15-9-8-14-20(21)24-27-28-25(30(24)19-12-6-3-7-13-19)33-17-23-26-22(29-32-23)16-18-10-4-2-5-11-18/h2-15H,16-17H2,1H3. The summed E-state index contributed by atoms with van der Waals surface area (Å²) in [5.41, 5.74) is 2.97. The highest BCUT2D eigenvalue weighted by atomic mass is 32.2. The van der Waals surface area contributed by atoms with Crippen molar-refractivity contribution in [1.29, 1.82) is 0 Å². The second-order valence-electron chi connectivity index (χ2n) is 7.23. The average molecular weight is 456 g/mol. The van der Waals surface area contributed by atoms with Crippen LogP contribution in [-0.2, 0) is 12.2 Å². The number of methoxy groups -OCH3 is 1. The molecule has 0 N–H and O–H groups in total. The van der Waals surface area contributed by atoms with E-state index in [0.29, 0.717) is 29.7 Å². The van der Waals surface area contributed by atoms with Gasteiger partial charge >= 0.3 is 0 Å². The number of benzene rings is 3. The number of ether oxygens (including phenoxy) is 1. The van der Waals surface area contributed by atoms with Crippen molar-refractivity contribution in [3.05, 3.63) is 102 Å². The number of thioether (sulfide) groups is 1. The molecule has 7 nitrogen and oxygen atoms in total. The van der Waals surface area contributed by atoms with Gasteiger partial charge in [0, 0.05) is 12.1 Å². The van der Waals surface area contributed by atoms with Crippen molar-refractivity contribution in [2.75, 3.05) is 7.11 Å². The van der Waals surface area contributed by atoms with Crippen LogP contribution >= 0.6 is 11.8 Å². The van der Waals surface area contributed by atoms with E-state index >= 15 is 0 Å². The molecule has 0 unspecified atom stereocenters. The molecule has 8 heteroatoms. The molecule has 0 saturated heterocycles. The Balaban J connectivity index is 1.42. The molecule has 33 heavy (non-hydrogen) atoms. The summed E-state index contributed by atoms with van der Waals surface area (Å²) in [6.07, 6.45) is 0.632. The molecule has 0 radical (unpaired) electrons. The van der Waals surface area contributed by atoms with E-state index in [0.717, 1.165) is 27.7 Å². The lowest BCUT2D eigenvalue weighted by molar-refractivity contribution is 0.385. The molecular weight excluding hydrogens is 434 g/mol. The Morgan fingerprint density at radius 2 is 1.61 bits per heavy atom. The van der Waals surface area contributed by atoms with Gasteiger partial charge in [0.2, 0.25) is 5.89 Å². The van der Waals surface area contributed by atoms with E-state index in [1.165, 1.54) is 11.8 Å². The molecule has 0 spiro atoms. The highest BCUT2D eigenvalue weighted by molar-refractivity contribution is 7.98.